The molecule has 10 rings (SSSR count). The second-order valence-electron chi connectivity index (χ2n) is 14.0. The lowest BCUT2D eigenvalue weighted by Crippen LogP contribution is -2.14. The number of furan rings is 1. The first-order chi connectivity index (χ1) is 27.8. The van der Waals surface area contributed by atoms with E-state index in [0.717, 1.165) is 83.5 Å². The number of benzene rings is 9. The van der Waals surface area contributed by atoms with Crippen molar-refractivity contribution < 1.29 is 4.42 Å². The van der Waals surface area contributed by atoms with Gasteiger partial charge in [0.25, 0.3) is 0 Å². The molecule has 0 bridgehead atoms. The lowest BCUT2D eigenvalue weighted by molar-refractivity contribution is 0.670. The molecule has 264 valence electrons. The summed E-state index contributed by atoms with van der Waals surface area (Å²) in [7, 11) is 0. The number of hydrogen-bond donors (Lipinski definition) is 0. The smallest absolute Gasteiger partial charge is 0.143 e. The van der Waals surface area contributed by atoms with E-state index < -0.39 is 0 Å². The highest BCUT2D eigenvalue weighted by Gasteiger charge is 2.27. The SMILES string of the molecule is c1ccc(-c2ccccc2-c2c(-c3ccccc3)cccc2N(c2ccccc2-c2ccccc2)c2ccccc2-c2cccc3c2oc2ccccc23)cc1. The van der Waals surface area contributed by atoms with Gasteiger partial charge < -0.3 is 9.32 Å². The average Bonchev–Trinajstić information content (AvgIpc) is 3.67. The standard InChI is InChI=1S/C54H37NO/c1-4-20-38(21-5-1)41-26-10-11-30-46(41)53-43(40-24-8-3-9-25-40)31-19-36-51(53)55(49-34-15-12-27-42(49)39-22-6-2-7-23-39)50-35-16-13-28-44(50)47-32-18-33-48-45-29-14-17-37-52(45)56-54(47)48/h1-37H. The Morgan fingerprint density at radius 2 is 0.696 bits per heavy atom. The summed E-state index contributed by atoms with van der Waals surface area (Å²) in [5, 5.41) is 2.22. The molecule has 0 atom stereocenters. The molecule has 0 fully saturated rings. The molecule has 1 aromatic heterocycles. The Bertz CT molecular complexity index is 2960. The van der Waals surface area contributed by atoms with Crippen LogP contribution in [0.15, 0.2) is 229 Å². The maximum absolute atomic E-state index is 6.69. The molecule has 0 aliphatic carbocycles. The van der Waals surface area contributed by atoms with Crippen molar-refractivity contribution in [3.05, 3.63) is 224 Å². The fraction of sp³-hybridized carbons (Fsp3) is 0. The van der Waals surface area contributed by atoms with Gasteiger partial charge in [-0.3, -0.25) is 0 Å². The van der Waals surface area contributed by atoms with Crippen LogP contribution < -0.4 is 4.90 Å². The van der Waals surface area contributed by atoms with Crippen LogP contribution in [-0.4, -0.2) is 0 Å². The summed E-state index contributed by atoms with van der Waals surface area (Å²) in [6, 6.07) is 80.1. The molecule has 0 amide bonds. The van der Waals surface area contributed by atoms with E-state index in [1.807, 2.05) is 6.07 Å². The van der Waals surface area contributed by atoms with Gasteiger partial charge >= 0.3 is 0 Å². The van der Waals surface area contributed by atoms with Crippen LogP contribution in [0.25, 0.3) is 77.6 Å². The van der Waals surface area contributed by atoms with Crippen LogP contribution in [0.1, 0.15) is 0 Å². The second kappa shape index (κ2) is 14.4. The van der Waals surface area contributed by atoms with Gasteiger partial charge in [-0.25, -0.2) is 0 Å². The van der Waals surface area contributed by atoms with E-state index in [-0.39, 0.29) is 0 Å². The third-order valence-electron chi connectivity index (χ3n) is 10.7. The number of fused-ring (bicyclic) bond motifs is 3. The molecule has 0 aliphatic heterocycles. The van der Waals surface area contributed by atoms with Gasteiger partial charge in [-0.2, -0.15) is 0 Å². The maximum atomic E-state index is 6.69. The number of anilines is 3. The highest BCUT2D eigenvalue weighted by atomic mass is 16.3. The first-order valence-electron chi connectivity index (χ1n) is 19.1. The predicted octanol–water partition coefficient (Wildman–Crippen LogP) is 15.4. The maximum Gasteiger partial charge on any atom is 0.143 e. The van der Waals surface area contributed by atoms with Crippen LogP contribution in [0, 0.1) is 0 Å². The van der Waals surface area contributed by atoms with Gasteiger partial charge in [0.2, 0.25) is 0 Å². The second-order valence-corrected chi connectivity index (χ2v) is 14.0. The van der Waals surface area contributed by atoms with E-state index in [9.17, 15) is 0 Å². The van der Waals surface area contributed by atoms with Gasteiger partial charge in [-0.1, -0.05) is 200 Å². The summed E-state index contributed by atoms with van der Waals surface area (Å²) in [6.07, 6.45) is 0. The van der Waals surface area contributed by atoms with Crippen molar-refractivity contribution >= 4 is 39.0 Å². The van der Waals surface area contributed by atoms with Crippen molar-refractivity contribution in [2.45, 2.75) is 0 Å². The summed E-state index contributed by atoms with van der Waals surface area (Å²) in [6.45, 7) is 0. The van der Waals surface area contributed by atoms with Crippen LogP contribution >= 0.6 is 0 Å². The van der Waals surface area contributed by atoms with E-state index >= 15 is 0 Å². The van der Waals surface area contributed by atoms with Crippen LogP contribution in [0.3, 0.4) is 0 Å². The topological polar surface area (TPSA) is 16.4 Å². The van der Waals surface area contributed by atoms with E-state index in [4.69, 9.17) is 4.42 Å². The summed E-state index contributed by atoms with van der Waals surface area (Å²) in [5.41, 5.74) is 16.3. The molecule has 2 nitrogen and oxygen atoms in total. The summed E-state index contributed by atoms with van der Waals surface area (Å²) < 4.78 is 6.69. The van der Waals surface area contributed by atoms with Gasteiger partial charge in [0.1, 0.15) is 11.2 Å². The van der Waals surface area contributed by atoms with Crippen molar-refractivity contribution in [2.24, 2.45) is 0 Å². The van der Waals surface area contributed by atoms with Crippen molar-refractivity contribution in [3.8, 4) is 55.6 Å². The van der Waals surface area contributed by atoms with Crippen LogP contribution in [0.5, 0.6) is 0 Å². The van der Waals surface area contributed by atoms with Gasteiger partial charge in [-0.15, -0.1) is 0 Å². The number of para-hydroxylation sites is 4. The number of rotatable bonds is 8. The Morgan fingerprint density at radius 1 is 0.268 bits per heavy atom. The van der Waals surface area contributed by atoms with Gasteiger partial charge in [0, 0.05) is 33.0 Å². The predicted molar refractivity (Wildman–Crippen MR) is 236 cm³/mol. The molecule has 56 heavy (non-hydrogen) atoms. The van der Waals surface area contributed by atoms with Crippen molar-refractivity contribution in [3.63, 3.8) is 0 Å². The highest BCUT2D eigenvalue weighted by molar-refractivity contribution is 6.11. The van der Waals surface area contributed by atoms with Crippen molar-refractivity contribution in [1.29, 1.82) is 0 Å². The summed E-state index contributed by atoms with van der Waals surface area (Å²) >= 11 is 0. The first kappa shape index (κ1) is 33.2. The molecule has 0 aliphatic rings. The summed E-state index contributed by atoms with van der Waals surface area (Å²) in [4.78, 5) is 2.47. The lowest BCUT2D eigenvalue weighted by atomic mass is 9.87. The van der Waals surface area contributed by atoms with Crippen LogP contribution in [-0.2, 0) is 0 Å². The zero-order chi connectivity index (χ0) is 37.3. The Balaban J connectivity index is 1.32. The highest BCUT2D eigenvalue weighted by Crippen LogP contribution is 2.52. The molecule has 10 aromatic rings. The number of nitrogens with zero attached hydrogens (tertiary/aromatic N) is 1. The molecule has 1 heterocycles. The minimum Gasteiger partial charge on any atom is -0.455 e. The zero-order valence-electron chi connectivity index (χ0n) is 30.7. The molecule has 0 unspecified atom stereocenters. The Morgan fingerprint density at radius 3 is 1.39 bits per heavy atom. The Labute approximate surface area is 327 Å². The van der Waals surface area contributed by atoms with Gasteiger partial charge in [0.15, 0.2) is 0 Å². The summed E-state index contributed by atoms with van der Waals surface area (Å²) in [5.74, 6) is 0. The average molecular weight is 716 g/mol. The Kier molecular flexibility index (Phi) is 8.55. The quantitative estimate of drug-likeness (QED) is 0.156. The van der Waals surface area contributed by atoms with Gasteiger partial charge in [-0.05, 0) is 57.6 Å². The van der Waals surface area contributed by atoms with E-state index in [1.165, 1.54) is 11.1 Å². The molecular weight excluding hydrogens is 679 g/mol. The normalized spacial score (nSPS) is 11.2. The van der Waals surface area contributed by atoms with E-state index in [0.29, 0.717) is 0 Å². The largest absolute Gasteiger partial charge is 0.455 e. The molecular formula is C54H37NO. The van der Waals surface area contributed by atoms with Crippen LogP contribution in [0.4, 0.5) is 17.1 Å². The van der Waals surface area contributed by atoms with Gasteiger partial charge in [0.05, 0.1) is 17.1 Å². The van der Waals surface area contributed by atoms with Crippen LogP contribution in [0.2, 0.25) is 0 Å². The van der Waals surface area contributed by atoms with E-state index in [2.05, 4.69) is 223 Å². The first-order valence-corrected chi connectivity index (χ1v) is 19.1. The fourth-order valence-electron chi connectivity index (χ4n) is 8.21. The lowest BCUT2D eigenvalue weighted by Gasteiger charge is -2.33. The monoisotopic (exact) mass is 715 g/mol. The minimum atomic E-state index is 0.880. The molecule has 0 saturated heterocycles. The molecule has 2 heteroatoms. The Hall–Kier alpha value is -7.42. The zero-order valence-corrected chi connectivity index (χ0v) is 30.7. The molecule has 0 saturated carbocycles. The molecule has 0 spiro atoms. The van der Waals surface area contributed by atoms with Crippen molar-refractivity contribution in [1.82, 2.24) is 0 Å². The number of hydrogen-bond acceptors (Lipinski definition) is 2. The third kappa shape index (κ3) is 5.85. The fourth-order valence-corrected chi connectivity index (χ4v) is 8.21. The van der Waals surface area contributed by atoms with E-state index in [1.54, 1.807) is 0 Å². The minimum absolute atomic E-state index is 0.880. The molecule has 0 radical (unpaired) electrons. The van der Waals surface area contributed by atoms with Crippen molar-refractivity contribution in [2.75, 3.05) is 4.90 Å². The molecule has 0 N–H and O–H groups in total. The third-order valence-corrected chi connectivity index (χ3v) is 10.7. The molecule has 9 aromatic carbocycles.